The van der Waals surface area contributed by atoms with Crippen molar-refractivity contribution in [3.05, 3.63) is 0 Å². The largest absolute Gasteiger partial charge is 0.377 e. The van der Waals surface area contributed by atoms with Crippen LogP contribution >= 0.6 is 0 Å². The SMILES string of the molecule is CC1OC2(CCCOC2)NCC1(C)C. The molecule has 2 fully saturated rings. The minimum Gasteiger partial charge on any atom is -0.377 e. The number of nitrogens with one attached hydrogen (secondary N) is 1. The summed E-state index contributed by atoms with van der Waals surface area (Å²) in [5.41, 5.74) is 0.0376. The molecule has 0 radical (unpaired) electrons. The van der Waals surface area contributed by atoms with Crippen LogP contribution in [0.15, 0.2) is 0 Å². The van der Waals surface area contributed by atoms with Crippen molar-refractivity contribution >= 4 is 0 Å². The third-order valence-corrected chi connectivity index (χ3v) is 3.57. The molecule has 1 N–H and O–H groups in total. The van der Waals surface area contributed by atoms with E-state index >= 15 is 0 Å². The summed E-state index contributed by atoms with van der Waals surface area (Å²) in [5, 5.41) is 3.51. The van der Waals surface area contributed by atoms with Gasteiger partial charge in [0.15, 0.2) is 0 Å². The normalized spacial score (nSPS) is 42.6. The molecular formula is C11H21NO2. The van der Waals surface area contributed by atoms with E-state index in [2.05, 4.69) is 26.1 Å². The molecule has 14 heavy (non-hydrogen) atoms. The smallest absolute Gasteiger partial charge is 0.143 e. The Hall–Kier alpha value is -0.120. The van der Waals surface area contributed by atoms with Crippen molar-refractivity contribution in [2.24, 2.45) is 5.41 Å². The lowest BCUT2D eigenvalue weighted by Crippen LogP contribution is -2.63. The standard InChI is InChI=1S/C11H21NO2/c1-9-10(2,3)7-12-11(14-9)5-4-6-13-8-11/h9,12H,4-8H2,1-3H3. The molecule has 1 spiro atoms. The van der Waals surface area contributed by atoms with Gasteiger partial charge in [-0.25, -0.2) is 0 Å². The third kappa shape index (κ3) is 1.81. The van der Waals surface area contributed by atoms with Gasteiger partial charge in [0.25, 0.3) is 0 Å². The molecule has 2 atom stereocenters. The molecule has 2 rings (SSSR count). The zero-order valence-electron chi connectivity index (χ0n) is 9.43. The van der Waals surface area contributed by atoms with Gasteiger partial charge in [-0.3, -0.25) is 5.32 Å². The number of ether oxygens (including phenoxy) is 2. The van der Waals surface area contributed by atoms with Crippen molar-refractivity contribution in [1.82, 2.24) is 5.32 Å². The summed E-state index contributed by atoms with van der Waals surface area (Å²) in [4.78, 5) is 0. The average molecular weight is 199 g/mol. The molecule has 0 aromatic heterocycles. The molecule has 82 valence electrons. The zero-order chi connectivity index (χ0) is 10.2. The predicted molar refractivity (Wildman–Crippen MR) is 55.1 cm³/mol. The van der Waals surface area contributed by atoms with Crippen LogP contribution in [0.3, 0.4) is 0 Å². The van der Waals surface area contributed by atoms with Gasteiger partial charge in [-0.05, 0) is 19.8 Å². The van der Waals surface area contributed by atoms with Crippen molar-refractivity contribution in [1.29, 1.82) is 0 Å². The molecule has 0 amide bonds. The first-order valence-corrected chi connectivity index (χ1v) is 5.55. The molecule has 0 aromatic rings. The molecular weight excluding hydrogens is 178 g/mol. The number of hydrogen-bond donors (Lipinski definition) is 1. The Morgan fingerprint density at radius 3 is 2.71 bits per heavy atom. The monoisotopic (exact) mass is 199 g/mol. The predicted octanol–water partition coefficient (Wildman–Crippen LogP) is 1.53. The van der Waals surface area contributed by atoms with E-state index in [-0.39, 0.29) is 11.1 Å². The summed E-state index contributed by atoms with van der Waals surface area (Å²) < 4.78 is 11.6. The Bertz CT molecular complexity index is 209. The quantitative estimate of drug-likeness (QED) is 0.641. The highest BCUT2D eigenvalue weighted by Gasteiger charge is 2.44. The van der Waals surface area contributed by atoms with Gasteiger partial charge in [0, 0.05) is 18.6 Å². The number of hydrogen-bond acceptors (Lipinski definition) is 3. The van der Waals surface area contributed by atoms with E-state index in [4.69, 9.17) is 9.47 Å². The summed E-state index contributed by atoms with van der Waals surface area (Å²) in [7, 11) is 0. The molecule has 3 heteroatoms. The van der Waals surface area contributed by atoms with Crippen LogP contribution in [0.25, 0.3) is 0 Å². The molecule has 2 unspecified atom stereocenters. The Morgan fingerprint density at radius 2 is 2.14 bits per heavy atom. The Morgan fingerprint density at radius 1 is 1.36 bits per heavy atom. The fourth-order valence-corrected chi connectivity index (χ4v) is 2.07. The fraction of sp³-hybridized carbons (Fsp3) is 1.00. The maximum Gasteiger partial charge on any atom is 0.143 e. The van der Waals surface area contributed by atoms with Crippen LogP contribution in [0.5, 0.6) is 0 Å². The van der Waals surface area contributed by atoms with Gasteiger partial charge in [-0.1, -0.05) is 13.8 Å². The first-order valence-electron chi connectivity index (χ1n) is 5.55. The summed E-state index contributed by atoms with van der Waals surface area (Å²) in [6, 6.07) is 0. The lowest BCUT2D eigenvalue weighted by molar-refractivity contribution is -0.222. The maximum atomic E-state index is 6.09. The summed E-state index contributed by atoms with van der Waals surface area (Å²) in [6.45, 7) is 9.23. The molecule has 2 heterocycles. The van der Waals surface area contributed by atoms with Gasteiger partial charge in [-0.15, -0.1) is 0 Å². The first kappa shape index (κ1) is 10.4. The Kier molecular flexibility index (Phi) is 2.58. The van der Waals surface area contributed by atoms with E-state index in [1.165, 1.54) is 0 Å². The highest BCUT2D eigenvalue weighted by atomic mass is 16.6. The highest BCUT2D eigenvalue weighted by molar-refractivity contribution is 4.92. The molecule has 2 aliphatic rings. The topological polar surface area (TPSA) is 30.5 Å². The summed E-state index contributed by atoms with van der Waals surface area (Å²) in [6.07, 6.45) is 2.47. The lowest BCUT2D eigenvalue weighted by Gasteiger charge is -2.49. The van der Waals surface area contributed by atoms with Crippen LogP contribution in [-0.4, -0.2) is 31.6 Å². The van der Waals surface area contributed by atoms with Crippen LogP contribution in [-0.2, 0) is 9.47 Å². The Labute approximate surface area is 86.2 Å². The van der Waals surface area contributed by atoms with Crippen LogP contribution in [0.1, 0.15) is 33.6 Å². The van der Waals surface area contributed by atoms with Gasteiger partial charge in [0.1, 0.15) is 5.72 Å². The molecule has 2 saturated heterocycles. The fourth-order valence-electron chi connectivity index (χ4n) is 2.07. The lowest BCUT2D eigenvalue weighted by atomic mass is 9.84. The average Bonchev–Trinajstić information content (AvgIpc) is 2.15. The van der Waals surface area contributed by atoms with Crippen molar-refractivity contribution in [3.8, 4) is 0 Å². The van der Waals surface area contributed by atoms with Gasteiger partial charge >= 0.3 is 0 Å². The minimum atomic E-state index is -0.187. The van der Waals surface area contributed by atoms with Gasteiger partial charge in [0.05, 0.1) is 12.7 Å². The molecule has 0 saturated carbocycles. The van der Waals surface area contributed by atoms with Gasteiger partial charge in [-0.2, -0.15) is 0 Å². The number of rotatable bonds is 0. The minimum absolute atomic E-state index is 0.187. The third-order valence-electron chi connectivity index (χ3n) is 3.57. The van der Waals surface area contributed by atoms with E-state index < -0.39 is 0 Å². The molecule has 0 aromatic carbocycles. The van der Waals surface area contributed by atoms with Crippen molar-refractivity contribution in [2.75, 3.05) is 19.8 Å². The second-order valence-corrected chi connectivity index (χ2v) is 5.25. The Balaban J connectivity index is 2.03. The van der Waals surface area contributed by atoms with Crippen LogP contribution < -0.4 is 5.32 Å². The first-order chi connectivity index (χ1) is 6.54. The summed E-state index contributed by atoms with van der Waals surface area (Å²) >= 11 is 0. The van der Waals surface area contributed by atoms with E-state index in [9.17, 15) is 0 Å². The zero-order valence-corrected chi connectivity index (χ0v) is 9.43. The molecule has 0 aliphatic carbocycles. The van der Waals surface area contributed by atoms with E-state index in [0.29, 0.717) is 12.7 Å². The van der Waals surface area contributed by atoms with Crippen LogP contribution in [0.4, 0.5) is 0 Å². The van der Waals surface area contributed by atoms with E-state index in [0.717, 1.165) is 26.0 Å². The second kappa shape index (κ2) is 3.47. The van der Waals surface area contributed by atoms with Gasteiger partial charge in [0.2, 0.25) is 0 Å². The van der Waals surface area contributed by atoms with E-state index in [1.807, 2.05) is 0 Å². The van der Waals surface area contributed by atoms with Crippen molar-refractivity contribution < 1.29 is 9.47 Å². The van der Waals surface area contributed by atoms with Crippen LogP contribution in [0, 0.1) is 5.41 Å². The van der Waals surface area contributed by atoms with Crippen molar-refractivity contribution in [2.45, 2.75) is 45.4 Å². The molecule has 3 nitrogen and oxygen atoms in total. The van der Waals surface area contributed by atoms with Gasteiger partial charge < -0.3 is 9.47 Å². The molecule has 0 bridgehead atoms. The molecule has 2 aliphatic heterocycles. The van der Waals surface area contributed by atoms with Crippen molar-refractivity contribution in [3.63, 3.8) is 0 Å². The van der Waals surface area contributed by atoms with E-state index in [1.54, 1.807) is 0 Å². The summed E-state index contributed by atoms with van der Waals surface area (Å²) in [5.74, 6) is 0. The maximum absolute atomic E-state index is 6.09. The van der Waals surface area contributed by atoms with Crippen LogP contribution in [0.2, 0.25) is 0 Å². The highest BCUT2D eigenvalue weighted by Crippen LogP contribution is 2.34. The second-order valence-electron chi connectivity index (χ2n) is 5.25.